The molecule has 0 saturated heterocycles. The third-order valence-electron chi connectivity index (χ3n) is 1.11. The molecule has 0 aromatic heterocycles. The molecule has 0 bridgehead atoms. The van der Waals surface area contributed by atoms with Gasteiger partial charge in [0.2, 0.25) is 0 Å². The first-order valence-corrected chi connectivity index (χ1v) is 6.38. The summed E-state index contributed by atoms with van der Waals surface area (Å²) in [4.78, 5) is 0. The Balaban J connectivity index is 0. The zero-order valence-corrected chi connectivity index (χ0v) is 10.8. The average molecular weight is 334 g/mol. The minimum absolute atomic E-state index is 0. The van der Waals surface area contributed by atoms with Crippen molar-refractivity contribution in [3.05, 3.63) is 60.7 Å². The Labute approximate surface area is 111 Å². The van der Waals surface area contributed by atoms with Gasteiger partial charge in [0.25, 0.3) is 0 Å². The van der Waals surface area contributed by atoms with Crippen LogP contribution in [0.2, 0.25) is 0 Å². The van der Waals surface area contributed by atoms with Crippen LogP contribution in [0.1, 0.15) is 0 Å². The fraction of sp³-hybridized carbons (Fsp3) is 0. The van der Waals surface area contributed by atoms with Crippen LogP contribution in [-0.2, 0) is 16.8 Å². The van der Waals surface area contributed by atoms with E-state index in [0.717, 1.165) is 0 Å². The first-order valence-electron chi connectivity index (χ1n) is 4.35. The zero-order valence-electron chi connectivity index (χ0n) is 8.82. The minimum Gasteiger partial charge on any atom is -0.748 e. The molecule has 0 radical (unpaired) electrons. The first kappa shape index (κ1) is 19.6. The Morgan fingerprint density at radius 2 is 0.833 bits per heavy atom. The van der Waals surface area contributed by atoms with Crippen LogP contribution in [0.5, 0.6) is 0 Å². The van der Waals surface area contributed by atoms with E-state index in [4.69, 9.17) is 0 Å². The first-order chi connectivity index (χ1) is 7.45. The molecule has 0 saturated carbocycles. The minimum atomic E-state index is -10.7. The molecule has 2 aromatic carbocycles. The summed E-state index contributed by atoms with van der Waals surface area (Å²) in [5, 5.41) is 0. The average Bonchev–Trinajstić information content (AvgIpc) is 2.78. The van der Waals surface area contributed by atoms with Crippen LogP contribution in [-0.4, -0.2) is 0 Å². The molecule has 0 aliphatic heterocycles. The summed E-state index contributed by atoms with van der Waals surface area (Å²) in [7, 11) is -10.7. The van der Waals surface area contributed by atoms with Gasteiger partial charge in [0.1, 0.15) is 0 Å². The summed E-state index contributed by atoms with van der Waals surface area (Å²) in [5.74, 6) is 0. The zero-order chi connectivity index (χ0) is 13.5. The van der Waals surface area contributed by atoms with Crippen molar-refractivity contribution in [2.24, 2.45) is 0 Å². The second-order valence-corrected chi connectivity index (χ2v) is 4.80. The molecular weight excluding hydrogens is 324 g/mol. The van der Waals surface area contributed by atoms with E-state index < -0.39 is 7.81 Å². The molecule has 0 amide bonds. The van der Waals surface area contributed by atoms with Gasteiger partial charge in [-0.25, -0.2) is 12.1 Å². The van der Waals surface area contributed by atoms with E-state index in [1.54, 1.807) is 0 Å². The summed E-state index contributed by atoms with van der Waals surface area (Å²) in [6, 6.07) is 20.0. The Hall–Kier alpha value is -0.784. The molecule has 0 nitrogen and oxygen atoms in total. The van der Waals surface area contributed by atoms with E-state index in [2.05, 4.69) is 0 Å². The molecule has 0 heterocycles. The van der Waals surface area contributed by atoms with Gasteiger partial charge in [0.05, 0.1) is 0 Å². The molecule has 18 heavy (non-hydrogen) atoms. The van der Waals surface area contributed by atoms with Crippen LogP contribution >= 0.6 is 7.81 Å². The normalized spacial score (nSPS) is 13.4. The van der Waals surface area contributed by atoms with E-state index in [-0.39, 0.29) is 16.8 Å². The molecule has 8 heteroatoms. The van der Waals surface area contributed by atoms with Crippen molar-refractivity contribution in [3.63, 3.8) is 0 Å². The Bertz CT molecular complexity index is 302. The molecule has 2 aromatic rings. The molecular formula is C10H10CoF6P-4. The maximum Gasteiger partial charge on any atom is 3.00 e. The van der Waals surface area contributed by atoms with Gasteiger partial charge < -0.3 is 30.3 Å². The number of hydrogen-bond donors (Lipinski definition) is 0. The molecule has 110 valence electrons. The molecule has 0 N–H and O–H groups in total. The third kappa shape index (κ3) is 36.2. The van der Waals surface area contributed by atoms with Crippen molar-refractivity contribution < 1.29 is 42.0 Å². The summed E-state index contributed by atoms with van der Waals surface area (Å²) in [6.45, 7) is 0. The van der Waals surface area contributed by atoms with Gasteiger partial charge in [-0.1, -0.05) is 0 Å². The van der Waals surface area contributed by atoms with Gasteiger partial charge in [-0.2, -0.15) is 18.2 Å². The van der Waals surface area contributed by atoms with Gasteiger partial charge in [-0.15, -0.1) is 0 Å². The standard InChI is InChI=1S/2C5H5.Co.F6P/c2*1-2-4-5-3-1;;1-7(2,3,4,5)6/h2*1-5H;;/q-5;-1;+3;-1. The summed E-state index contributed by atoms with van der Waals surface area (Å²) in [5.41, 5.74) is 0. The molecule has 2 rings (SSSR count). The SMILES string of the molecule is F[P-](F)(F)(F)(F)F.[Co+3].[cH-]1[cH-][cH-][cH-][cH-]1.c1cc[cH-]c1. The van der Waals surface area contributed by atoms with Gasteiger partial charge in [-0.05, 0) is 0 Å². The van der Waals surface area contributed by atoms with Crippen LogP contribution in [0.3, 0.4) is 0 Å². The largest absolute Gasteiger partial charge is 3.00 e. The Kier molecular flexibility index (Phi) is 6.96. The van der Waals surface area contributed by atoms with Crippen LogP contribution in [0.4, 0.5) is 25.2 Å². The Morgan fingerprint density at radius 3 is 0.944 bits per heavy atom. The number of hydrogen-bond acceptors (Lipinski definition) is 0. The van der Waals surface area contributed by atoms with Crippen LogP contribution in [0.25, 0.3) is 0 Å². The third-order valence-corrected chi connectivity index (χ3v) is 1.11. The second kappa shape index (κ2) is 6.40. The monoisotopic (exact) mass is 334 g/mol. The van der Waals surface area contributed by atoms with Gasteiger partial charge >= 0.3 is 49.8 Å². The maximum absolute atomic E-state index is 10.7. The summed E-state index contributed by atoms with van der Waals surface area (Å²) < 4.78 is 59.2. The molecule has 0 atom stereocenters. The van der Waals surface area contributed by atoms with Crippen molar-refractivity contribution in [2.45, 2.75) is 0 Å². The van der Waals surface area contributed by atoms with E-state index in [0.29, 0.717) is 0 Å². The van der Waals surface area contributed by atoms with Crippen molar-refractivity contribution in [1.29, 1.82) is 0 Å². The summed E-state index contributed by atoms with van der Waals surface area (Å²) in [6.07, 6.45) is 0. The van der Waals surface area contributed by atoms with Crippen molar-refractivity contribution in [2.75, 3.05) is 0 Å². The van der Waals surface area contributed by atoms with Gasteiger partial charge in [0.15, 0.2) is 0 Å². The topological polar surface area (TPSA) is 0 Å². The fourth-order valence-corrected chi connectivity index (χ4v) is 0.642. The molecule has 0 aliphatic carbocycles. The van der Waals surface area contributed by atoms with E-state index >= 15 is 0 Å². The number of halogens is 6. The van der Waals surface area contributed by atoms with Crippen molar-refractivity contribution in [3.8, 4) is 0 Å². The smallest absolute Gasteiger partial charge is 0.748 e. The van der Waals surface area contributed by atoms with E-state index in [1.165, 1.54) is 0 Å². The maximum atomic E-state index is 9.87. The quantitative estimate of drug-likeness (QED) is 0.306. The van der Waals surface area contributed by atoms with Crippen molar-refractivity contribution >= 4 is 7.81 Å². The number of rotatable bonds is 0. The summed E-state index contributed by atoms with van der Waals surface area (Å²) >= 11 is 0. The van der Waals surface area contributed by atoms with E-state index in [9.17, 15) is 25.2 Å². The molecule has 0 fully saturated rings. The van der Waals surface area contributed by atoms with E-state index in [1.807, 2.05) is 60.7 Å². The van der Waals surface area contributed by atoms with Gasteiger partial charge in [-0.3, -0.25) is 0 Å². The Morgan fingerprint density at radius 1 is 0.611 bits per heavy atom. The van der Waals surface area contributed by atoms with Crippen LogP contribution in [0.15, 0.2) is 60.7 Å². The van der Waals surface area contributed by atoms with Gasteiger partial charge in [0, 0.05) is 0 Å². The fourth-order valence-electron chi connectivity index (χ4n) is 0.642. The second-order valence-electron chi connectivity index (χ2n) is 2.88. The molecule has 0 spiro atoms. The predicted octanol–water partition coefficient (Wildman–Crippen LogP) is 6.19. The van der Waals surface area contributed by atoms with Crippen LogP contribution < -0.4 is 0 Å². The predicted molar refractivity (Wildman–Crippen MR) is 57.6 cm³/mol. The van der Waals surface area contributed by atoms with Crippen molar-refractivity contribution in [1.82, 2.24) is 0 Å². The van der Waals surface area contributed by atoms with Crippen LogP contribution in [0, 0.1) is 0 Å². The molecule has 0 unspecified atom stereocenters. The molecule has 0 aliphatic rings.